The number of nitrogens with zero attached hydrogens (tertiary/aromatic N) is 3. The molecule has 30 heavy (non-hydrogen) atoms. The maximum Gasteiger partial charge on any atom is 0.292 e. The van der Waals surface area contributed by atoms with E-state index in [0.717, 1.165) is 5.56 Å². The predicted molar refractivity (Wildman–Crippen MR) is 109 cm³/mol. The maximum absolute atomic E-state index is 13.8. The fourth-order valence-corrected chi connectivity index (χ4v) is 4.16. The number of halogens is 2. The van der Waals surface area contributed by atoms with Crippen molar-refractivity contribution in [2.45, 2.75) is 19.3 Å². The van der Waals surface area contributed by atoms with Crippen LogP contribution in [0.1, 0.15) is 19.4 Å². The van der Waals surface area contributed by atoms with E-state index in [1.807, 2.05) is 18.7 Å². The predicted octanol–water partition coefficient (Wildman–Crippen LogP) is 5.37. The molecule has 2 heterocycles. The normalized spacial score (nSPS) is 14.5. The number of anilines is 2. The second kappa shape index (κ2) is 7.05. The van der Waals surface area contributed by atoms with Crippen molar-refractivity contribution >= 4 is 17.1 Å². The largest absolute Gasteiger partial charge is 0.495 e. The van der Waals surface area contributed by atoms with Crippen molar-refractivity contribution in [2.75, 3.05) is 18.6 Å². The van der Waals surface area contributed by atoms with Crippen molar-refractivity contribution in [1.29, 1.82) is 0 Å². The second-order valence-electron chi connectivity index (χ2n) is 7.76. The molecule has 1 aliphatic heterocycles. The van der Waals surface area contributed by atoms with Gasteiger partial charge in [0.1, 0.15) is 11.4 Å². The van der Waals surface area contributed by atoms with E-state index in [1.54, 1.807) is 30.3 Å². The summed E-state index contributed by atoms with van der Waals surface area (Å²) in [5.74, 6) is -1.31. The number of hydrogen-bond acceptors (Lipinski definition) is 5. The molecular formula is C22H19F2N3O3. The lowest BCUT2D eigenvalue weighted by atomic mass is 9.82. The molecule has 0 amide bonds. The molecule has 6 nitrogen and oxygen atoms in total. The number of pyridine rings is 1. The molecule has 0 unspecified atom stereocenters. The molecule has 2 aromatic carbocycles. The molecule has 0 fully saturated rings. The van der Waals surface area contributed by atoms with Gasteiger partial charge in [0.2, 0.25) is 11.9 Å². The van der Waals surface area contributed by atoms with E-state index in [9.17, 15) is 18.9 Å². The van der Waals surface area contributed by atoms with Crippen molar-refractivity contribution in [3.63, 3.8) is 0 Å². The number of aromatic nitrogens is 1. The second-order valence-corrected chi connectivity index (χ2v) is 7.76. The molecule has 0 radical (unpaired) electrons. The van der Waals surface area contributed by atoms with Crippen LogP contribution in [0.2, 0.25) is 0 Å². The first-order chi connectivity index (χ1) is 14.2. The molecule has 1 aromatic heterocycles. The van der Waals surface area contributed by atoms with Gasteiger partial charge >= 0.3 is 0 Å². The van der Waals surface area contributed by atoms with Crippen LogP contribution in [0.4, 0.5) is 25.8 Å². The Kier molecular flexibility index (Phi) is 4.64. The van der Waals surface area contributed by atoms with Crippen LogP contribution in [-0.4, -0.2) is 23.6 Å². The average Bonchev–Trinajstić information content (AvgIpc) is 2.98. The summed E-state index contributed by atoms with van der Waals surface area (Å²) in [4.78, 5) is 16.2. The fraction of sp³-hybridized carbons (Fsp3) is 0.227. The first-order valence-corrected chi connectivity index (χ1v) is 9.29. The molecule has 154 valence electrons. The minimum absolute atomic E-state index is 0.0328. The number of hydrogen-bond donors (Lipinski definition) is 0. The summed E-state index contributed by atoms with van der Waals surface area (Å²) in [5.41, 5.74) is 2.32. The van der Waals surface area contributed by atoms with Gasteiger partial charge in [-0.3, -0.25) is 10.1 Å². The van der Waals surface area contributed by atoms with E-state index >= 15 is 0 Å². The Labute approximate surface area is 171 Å². The zero-order valence-electron chi connectivity index (χ0n) is 16.6. The van der Waals surface area contributed by atoms with Crippen molar-refractivity contribution in [1.82, 2.24) is 4.98 Å². The van der Waals surface area contributed by atoms with Gasteiger partial charge in [-0.15, -0.1) is 0 Å². The maximum atomic E-state index is 13.8. The summed E-state index contributed by atoms with van der Waals surface area (Å²) in [6.45, 7) is 4.39. The summed E-state index contributed by atoms with van der Waals surface area (Å²) in [5, 5.41) is 11.6. The molecular weight excluding hydrogens is 392 g/mol. The zero-order chi connectivity index (χ0) is 21.6. The lowest BCUT2D eigenvalue weighted by molar-refractivity contribution is -0.384. The molecule has 0 saturated carbocycles. The fourth-order valence-electron chi connectivity index (χ4n) is 4.16. The van der Waals surface area contributed by atoms with Gasteiger partial charge in [-0.1, -0.05) is 32.0 Å². The highest BCUT2D eigenvalue weighted by Crippen LogP contribution is 2.54. The van der Waals surface area contributed by atoms with Crippen LogP contribution in [0.3, 0.4) is 0 Å². The van der Waals surface area contributed by atoms with Crippen molar-refractivity contribution in [2.24, 2.45) is 0 Å². The van der Waals surface area contributed by atoms with Gasteiger partial charge in [0.05, 0.1) is 17.7 Å². The van der Waals surface area contributed by atoms with Crippen molar-refractivity contribution in [3.8, 4) is 16.9 Å². The van der Waals surface area contributed by atoms with Gasteiger partial charge in [0.25, 0.3) is 5.69 Å². The topological polar surface area (TPSA) is 68.5 Å². The summed E-state index contributed by atoms with van der Waals surface area (Å²) in [6, 6.07) is 12.3. The lowest BCUT2D eigenvalue weighted by Crippen LogP contribution is -2.25. The molecule has 0 saturated heterocycles. The highest BCUT2D eigenvalue weighted by Gasteiger charge is 2.42. The lowest BCUT2D eigenvalue weighted by Gasteiger charge is -2.23. The third-order valence-electron chi connectivity index (χ3n) is 5.30. The smallest absolute Gasteiger partial charge is 0.292 e. The molecule has 1 aliphatic rings. The van der Waals surface area contributed by atoms with E-state index < -0.39 is 22.2 Å². The molecule has 8 heteroatoms. The van der Waals surface area contributed by atoms with Gasteiger partial charge in [-0.25, -0.2) is 0 Å². The van der Waals surface area contributed by atoms with E-state index in [-0.39, 0.29) is 5.69 Å². The first-order valence-electron chi connectivity index (χ1n) is 9.29. The Morgan fingerprint density at radius 2 is 1.80 bits per heavy atom. The summed E-state index contributed by atoms with van der Waals surface area (Å²) >= 11 is 0. The number of benzene rings is 2. The molecule has 3 aromatic rings. The Morgan fingerprint density at radius 3 is 2.43 bits per heavy atom. The summed E-state index contributed by atoms with van der Waals surface area (Å²) in [7, 11) is 1.52. The van der Waals surface area contributed by atoms with Gasteiger partial charge in [0.15, 0.2) is 0 Å². The quantitative estimate of drug-likeness (QED) is 0.328. The van der Waals surface area contributed by atoms with Gasteiger partial charge in [0, 0.05) is 30.2 Å². The van der Waals surface area contributed by atoms with Crippen LogP contribution < -0.4 is 9.64 Å². The monoisotopic (exact) mass is 411 g/mol. The molecule has 0 atom stereocenters. The van der Waals surface area contributed by atoms with Crippen molar-refractivity contribution < 1.29 is 18.4 Å². The SMILES string of the molecule is COc1ccc(-c2cc(F)nc(F)c2)c2c1N(c1ccccc1[N+](=O)[O-])CC2(C)C. The van der Waals surface area contributed by atoms with E-state index in [0.29, 0.717) is 34.8 Å². The van der Waals surface area contributed by atoms with Gasteiger partial charge in [-0.05, 0) is 28.8 Å². The average molecular weight is 411 g/mol. The molecule has 0 aliphatic carbocycles. The van der Waals surface area contributed by atoms with Crippen LogP contribution in [0.5, 0.6) is 5.75 Å². The van der Waals surface area contributed by atoms with Crippen LogP contribution in [0.15, 0.2) is 48.5 Å². The number of fused-ring (bicyclic) bond motifs is 1. The number of nitro groups is 1. The van der Waals surface area contributed by atoms with Gasteiger partial charge in [-0.2, -0.15) is 13.8 Å². The highest BCUT2D eigenvalue weighted by atomic mass is 19.1. The highest BCUT2D eigenvalue weighted by molar-refractivity contribution is 5.88. The zero-order valence-corrected chi connectivity index (χ0v) is 16.6. The minimum atomic E-state index is -0.916. The van der Waals surface area contributed by atoms with Crippen LogP contribution in [0.25, 0.3) is 11.1 Å². The Hall–Kier alpha value is -3.55. The number of nitro benzene ring substituents is 1. The minimum Gasteiger partial charge on any atom is -0.495 e. The number of rotatable bonds is 4. The number of ether oxygens (including phenoxy) is 1. The summed E-state index contributed by atoms with van der Waals surface area (Å²) in [6.07, 6.45) is 0. The molecule has 0 bridgehead atoms. The third kappa shape index (κ3) is 3.14. The Morgan fingerprint density at radius 1 is 1.13 bits per heavy atom. The number of para-hydroxylation sites is 2. The van der Waals surface area contributed by atoms with E-state index in [1.165, 1.54) is 25.3 Å². The first kappa shape index (κ1) is 19.8. The van der Waals surface area contributed by atoms with Crippen LogP contribution in [0, 0.1) is 22.0 Å². The van der Waals surface area contributed by atoms with Crippen LogP contribution in [-0.2, 0) is 5.41 Å². The molecule has 4 rings (SSSR count). The standard InChI is InChI=1S/C22H19F2N3O3/c1-22(2)12-26(15-6-4-5-7-16(15)27(28)29)21-17(30-3)9-8-14(20(21)22)13-10-18(23)25-19(24)11-13/h4-11H,12H2,1-3H3. The van der Waals surface area contributed by atoms with Gasteiger partial charge < -0.3 is 9.64 Å². The van der Waals surface area contributed by atoms with E-state index in [2.05, 4.69) is 4.98 Å². The molecule has 0 spiro atoms. The Bertz CT molecular complexity index is 1140. The van der Waals surface area contributed by atoms with Crippen LogP contribution >= 0.6 is 0 Å². The van der Waals surface area contributed by atoms with E-state index in [4.69, 9.17) is 4.74 Å². The number of methoxy groups -OCH3 is 1. The third-order valence-corrected chi connectivity index (χ3v) is 5.30. The Balaban J connectivity index is 2.01. The van der Waals surface area contributed by atoms with Crippen molar-refractivity contribution in [3.05, 3.63) is 76.1 Å². The molecule has 0 N–H and O–H groups in total. The summed E-state index contributed by atoms with van der Waals surface area (Å²) < 4.78 is 33.2.